The quantitative estimate of drug-likeness (QED) is 0.432. The fourth-order valence-corrected chi connectivity index (χ4v) is 3.83. The first-order chi connectivity index (χ1) is 15.4. The number of nitrogens with zero attached hydrogens (tertiary/aromatic N) is 4. The molecule has 1 amide bonds. The Labute approximate surface area is 187 Å². The highest BCUT2D eigenvalue weighted by atomic mass is 32.1. The molecule has 0 spiro atoms. The van der Waals surface area contributed by atoms with Crippen molar-refractivity contribution in [3.8, 4) is 17.0 Å². The molecule has 3 aromatic rings. The van der Waals surface area contributed by atoms with Crippen molar-refractivity contribution >= 4 is 39.5 Å². The molecule has 0 bridgehead atoms. The third-order valence-corrected chi connectivity index (χ3v) is 5.62. The molecule has 2 heterocycles. The van der Waals surface area contributed by atoms with Gasteiger partial charge < -0.3 is 4.74 Å². The summed E-state index contributed by atoms with van der Waals surface area (Å²) < 4.78 is 5.17. The molecular formula is C21H18N6O4S. The van der Waals surface area contributed by atoms with Crippen LogP contribution in [0.4, 0.5) is 16.5 Å². The maximum absolute atomic E-state index is 12.9. The second-order valence-corrected chi connectivity index (χ2v) is 7.59. The van der Waals surface area contributed by atoms with Gasteiger partial charge in [-0.1, -0.05) is 12.6 Å². The number of amides is 1. The van der Waals surface area contributed by atoms with Crippen molar-refractivity contribution in [2.45, 2.75) is 6.92 Å². The number of carbonyl (C=O) groups is 1. The van der Waals surface area contributed by atoms with Crippen LogP contribution in [0.25, 0.3) is 11.3 Å². The Morgan fingerprint density at radius 3 is 2.72 bits per heavy atom. The first kappa shape index (κ1) is 21.0. The number of carbonyl (C=O) groups excluding carboxylic acids is 1. The van der Waals surface area contributed by atoms with Crippen LogP contribution in [0.5, 0.6) is 5.75 Å². The van der Waals surface area contributed by atoms with Gasteiger partial charge in [0.2, 0.25) is 5.13 Å². The van der Waals surface area contributed by atoms with E-state index in [0.717, 1.165) is 11.3 Å². The van der Waals surface area contributed by atoms with Gasteiger partial charge in [-0.15, -0.1) is 11.3 Å². The Morgan fingerprint density at radius 1 is 1.28 bits per heavy atom. The zero-order valence-corrected chi connectivity index (χ0v) is 18.0. The lowest BCUT2D eigenvalue weighted by Crippen LogP contribution is -2.34. The number of hydrogen-bond acceptors (Lipinski definition) is 9. The average molecular weight is 450 g/mol. The largest absolute Gasteiger partial charge is 0.497 e. The van der Waals surface area contributed by atoms with E-state index >= 15 is 0 Å². The smallest absolute Gasteiger partial charge is 0.301 e. The van der Waals surface area contributed by atoms with Crippen LogP contribution in [0.2, 0.25) is 0 Å². The van der Waals surface area contributed by atoms with E-state index in [-0.39, 0.29) is 17.1 Å². The van der Waals surface area contributed by atoms with E-state index in [1.165, 1.54) is 22.4 Å². The van der Waals surface area contributed by atoms with Gasteiger partial charge in [0.1, 0.15) is 5.75 Å². The number of rotatable bonds is 6. The molecule has 1 aromatic heterocycles. The molecule has 0 atom stereocenters. The van der Waals surface area contributed by atoms with Crippen molar-refractivity contribution in [3.63, 3.8) is 0 Å². The standard InChI is InChI=1S/C21H18N6O4S/c1-12-16(5-4-6-18(12)27(29)30)23-24-19-13(2)25-26(20(19)28)21-22-17(11-32-21)14-7-9-15(31-3)10-8-14/h4-11,23,25H,2H2,1,3H3/b24-19-. The highest BCUT2D eigenvalue weighted by molar-refractivity contribution is 7.14. The topological polar surface area (TPSA) is 122 Å². The minimum Gasteiger partial charge on any atom is -0.497 e. The predicted octanol–water partition coefficient (Wildman–Crippen LogP) is 3.87. The van der Waals surface area contributed by atoms with E-state index in [9.17, 15) is 14.9 Å². The Hall–Kier alpha value is -4.25. The van der Waals surface area contributed by atoms with Gasteiger partial charge in [0, 0.05) is 17.0 Å². The summed E-state index contributed by atoms with van der Waals surface area (Å²) in [5.41, 5.74) is 8.32. The molecule has 10 nitrogen and oxygen atoms in total. The minimum absolute atomic E-state index is 0.0413. The van der Waals surface area contributed by atoms with Gasteiger partial charge in [-0.2, -0.15) is 10.1 Å². The highest BCUT2D eigenvalue weighted by Gasteiger charge is 2.34. The molecule has 0 unspecified atom stereocenters. The molecule has 4 rings (SSSR count). The van der Waals surface area contributed by atoms with Crippen molar-refractivity contribution in [3.05, 3.63) is 75.8 Å². The number of thiazole rings is 1. The zero-order valence-electron chi connectivity index (χ0n) is 17.2. The van der Waals surface area contributed by atoms with Gasteiger partial charge >= 0.3 is 5.91 Å². The number of nitro groups is 1. The molecule has 0 aliphatic carbocycles. The Bertz CT molecular complexity index is 1250. The second-order valence-electron chi connectivity index (χ2n) is 6.75. The summed E-state index contributed by atoms with van der Waals surface area (Å²) >= 11 is 1.29. The number of benzene rings is 2. The van der Waals surface area contributed by atoms with Crippen LogP contribution < -0.4 is 20.6 Å². The van der Waals surface area contributed by atoms with E-state index in [1.54, 1.807) is 26.2 Å². The molecule has 162 valence electrons. The number of aromatic nitrogens is 1. The first-order valence-corrected chi connectivity index (χ1v) is 10.2. The number of methoxy groups -OCH3 is 1. The third kappa shape index (κ3) is 3.88. The van der Waals surface area contributed by atoms with Crippen LogP contribution in [0.15, 0.2) is 65.2 Å². The molecule has 1 fully saturated rings. The van der Waals surface area contributed by atoms with Gasteiger partial charge in [0.15, 0.2) is 5.71 Å². The molecule has 1 aliphatic rings. The number of nitrogens with one attached hydrogen (secondary N) is 2. The van der Waals surface area contributed by atoms with Crippen LogP contribution in [0.3, 0.4) is 0 Å². The lowest BCUT2D eigenvalue weighted by atomic mass is 10.1. The minimum atomic E-state index is -0.473. The first-order valence-electron chi connectivity index (χ1n) is 9.37. The summed E-state index contributed by atoms with van der Waals surface area (Å²) in [4.78, 5) is 28.1. The predicted molar refractivity (Wildman–Crippen MR) is 123 cm³/mol. The van der Waals surface area contributed by atoms with E-state index in [0.29, 0.717) is 22.1 Å². The summed E-state index contributed by atoms with van der Waals surface area (Å²) in [6, 6.07) is 12.0. The van der Waals surface area contributed by atoms with Crippen LogP contribution in [-0.4, -0.2) is 28.6 Å². The van der Waals surface area contributed by atoms with Gasteiger partial charge in [-0.3, -0.25) is 25.8 Å². The van der Waals surface area contributed by atoms with Crippen LogP contribution in [-0.2, 0) is 4.79 Å². The number of hydrogen-bond donors (Lipinski definition) is 2. The summed E-state index contributed by atoms with van der Waals surface area (Å²) in [6.45, 7) is 5.44. The van der Waals surface area contributed by atoms with Gasteiger partial charge in [0.25, 0.3) is 5.69 Å². The molecule has 2 N–H and O–H groups in total. The number of ether oxygens (including phenoxy) is 1. The van der Waals surface area contributed by atoms with E-state index in [4.69, 9.17) is 4.74 Å². The van der Waals surface area contributed by atoms with E-state index in [2.05, 4.69) is 27.5 Å². The zero-order chi connectivity index (χ0) is 22.8. The fraction of sp³-hybridized carbons (Fsp3) is 0.0952. The summed E-state index contributed by atoms with van der Waals surface area (Å²) in [5.74, 6) is 0.297. The van der Waals surface area contributed by atoms with Gasteiger partial charge in [0.05, 0.1) is 34.7 Å². The van der Waals surface area contributed by atoms with E-state index in [1.807, 2.05) is 29.6 Å². The number of hydrazine groups is 1. The van der Waals surface area contributed by atoms with Crippen LogP contribution in [0.1, 0.15) is 5.56 Å². The maximum atomic E-state index is 12.9. The van der Waals surface area contributed by atoms with Crippen molar-refractivity contribution in [1.82, 2.24) is 10.4 Å². The SMILES string of the molecule is C=C1NN(c2nc(-c3ccc(OC)cc3)cs2)C(=O)/C1=N\Nc1cccc([N+](=O)[O-])c1C. The van der Waals surface area contributed by atoms with Crippen molar-refractivity contribution in [2.24, 2.45) is 5.10 Å². The van der Waals surface area contributed by atoms with E-state index < -0.39 is 10.8 Å². The van der Waals surface area contributed by atoms with Gasteiger partial charge in [-0.05, 0) is 37.3 Å². The lowest BCUT2D eigenvalue weighted by Gasteiger charge is -2.10. The molecule has 0 radical (unpaired) electrons. The normalized spacial score (nSPS) is 14.6. The number of nitro benzene ring substituents is 1. The van der Waals surface area contributed by atoms with Crippen LogP contribution >= 0.6 is 11.3 Å². The number of hydrazone groups is 1. The molecule has 1 aliphatic heterocycles. The summed E-state index contributed by atoms with van der Waals surface area (Å²) in [6.07, 6.45) is 0. The van der Waals surface area contributed by atoms with Gasteiger partial charge in [-0.25, -0.2) is 4.98 Å². The monoisotopic (exact) mass is 450 g/mol. The molecule has 0 saturated carbocycles. The summed E-state index contributed by atoms with van der Waals surface area (Å²) in [5, 5.41) is 18.8. The Kier molecular flexibility index (Phi) is 5.56. The molecule has 11 heteroatoms. The second kappa shape index (κ2) is 8.47. The Morgan fingerprint density at radius 2 is 2.03 bits per heavy atom. The average Bonchev–Trinajstić information content (AvgIpc) is 3.38. The molecule has 2 aromatic carbocycles. The van der Waals surface area contributed by atoms with Crippen molar-refractivity contribution in [1.29, 1.82) is 0 Å². The number of anilines is 2. The van der Waals surface area contributed by atoms with Crippen molar-refractivity contribution in [2.75, 3.05) is 17.5 Å². The fourth-order valence-electron chi connectivity index (χ4n) is 3.04. The van der Waals surface area contributed by atoms with Crippen molar-refractivity contribution < 1.29 is 14.5 Å². The molecular weight excluding hydrogens is 432 g/mol. The lowest BCUT2D eigenvalue weighted by molar-refractivity contribution is -0.385. The third-order valence-electron chi connectivity index (χ3n) is 4.80. The highest BCUT2D eigenvalue weighted by Crippen LogP contribution is 2.30. The molecule has 1 saturated heterocycles. The maximum Gasteiger partial charge on any atom is 0.301 e. The Balaban J connectivity index is 1.54. The van der Waals surface area contributed by atoms with Crippen LogP contribution in [0, 0.1) is 17.0 Å². The molecule has 32 heavy (non-hydrogen) atoms. The summed E-state index contributed by atoms with van der Waals surface area (Å²) in [7, 11) is 1.60.